The van der Waals surface area contributed by atoms with Gasteiger partial charge < -0.3 is 21.7 Å². The van der Waals surface area contributed by atoms with Crippen molar-refractivity contribution in [3.63, 3.8) is 0 Å². The van der Waals surface area contributed by atoms with Gasteiger partial charge in [0.1, 0.15) is 6.61 Å². The molecular formula is C12H16MoNO3-. The zero-order valence-corrected chi connectivity index (χ0v) is 11.6. The van der Waals surface area contributed by atoms with Gasteiger partial charge in [-0.25, -0.2) is 4.79 Å². The maximum absolute atomic E-state index is 11.2. The van der Waals surface area contributed by atoms with Crippen LogP contribution in [0, 0.1) is 6.92 Å². The SMILES string of the molecule is [CH2-]COCCNC(=O)OCc1ccccc1.[Mo]. The molecule has 0 spiro atoms. The summed E-state index contributed by atoms with van der Waals surface area (Å²) in [5, 5.41) is 2.57. The molecule has 1 amide bonds. The summed E-state index contributed by atoms with van der Waals surface area (Å²) in [6.07, 6.45) is -0.434. The number of carbonyl (C=O) groups is 1. The second kappa shape index (κ2) is 10.3. The summed E-state index contributed by atoms with van der Waals surface area (Å²) in [5.74, 6) is 0. The molecule has 0 fully saturated rings. The summed E-state index contributed by atoms with van der Waals surface area (Å²) in [6, 6.07) is 9.52. The summed E-state index contributed by atoms with van der Waals surface area (Å²) >= 11 is 0. The molecule has 94 valence electrons. The fourth-order valence-corrected chi connectivity index (χ4v) is 1.10. The first kappa shape index (κ1) is 16.1. The van der Waals surface area contributed by atoms with Gasteiger partial charge in [-0.3, -0.25) is 0 Å². The number of hydrogen-bond donors (Lipinski definition) is 1. The molecule has 0 aliphatic carbocycles. The molecule has 4 nitrogen and oxygen atoms in total. The van der Waals surface area contributed by atoms with E-state index in [-0.39, 0.29) is 27.7 Å². The van der Waals surface area contributed by atoms with Gasteiger partial charge in [-0.15, -0.1) is 0 Å². The molecule has 0 heterocycles. The van der Waals surface area contributed by atoms with Crippen LogP contribution in [0.4, 0.5) is 4.79 Å². The van der Waals surface area contributed by atoms with Gasteiger partial charge in [-0.1, -0.05) is 36.9 Å². The molecule has 0 saturated carbocycles. The molecule has 1 rings (SSSR count). The van der Waals surface area contributed by atoms with Crippen LogP contribution in [0.25, 0.3) is 0 Å². The molecule has 17 heavy (non-hydrogen) atoms. The van der Waals surface area contributed by atoms with Crippen LogP contribution in [0.1, 0.15) is 5.56 Å². The maximum Gasteiger partial charge on any atom is 0.407 e. The van der Waals surface area contributed by atoms with Crippen molar-refractivity contribution in [1.82, 2.24) is 5.32 Å². The van der Waals surface area contributed by atoms with Gasteiger partial charge >= 0.3 is 6.09 Å². The van der Waals surface area contributed by atoms with Crippen molar-refractivity contribution in [3.05, 3.63) is 42.8 Å². The topological polar surface area (TPSA) is 47.6 Å². The van der Waals surface area contributed by atoms with E-state index < -0.39 is 6.09 Å². The Balaban J connectivity index is 0.00000256. The van der Waals surface area contributed by atoms with Gasteiger partial charge in [-0.2, -0.15) is 0 Å². The van der Waals surface area contributed by atoms with Crippen molar-refractivity contribution < 1.29 is 35.3 Å². The Morgan fingerprint density at radius 2 is 2.00 bits per heavy atom. The zero-order valence-electron chi connectivity index (χ0n) is 9.56. The number of carbonyl (C=O) groups excluding carboxylic acids is 1. The summed E-state index contributed by atoms with van der Waals surface area (Å²) in [4.78, 5) is 11.2. The minimum Gasteiger partial charge on any atom is -0.445 e. The standard InChI is InChI=1S/C12H16NO3.Mo/c1-2-15-9-8-13-12(14)16-10-11-6-4-3-5-7-11;/h3-7H,1-2,8-10H2,(H,13,14);/q-1;. The fourth-order valence-electron chi connectivity index (χ4n) is 1.10. The predicted molar refractivity (Wildman–Crippen MR) is 60.8 cm³/mol. The second-order valence-corrected chi connectivity index (χ2v) is 3.10. The predicted octanol–water partition coefficient (Wildman–Crippen LogP) is 1.76. The van der Waals surface area contributed by atoms with Crippen LogP contribution in [0.3, 0.4) is 0 Å². The van der Waals surface area contributed by atoms with E-state index >= 15 is 0 Å². The number of benzene rings is 1. The molecule has 0 aliphatic rings. The smallest absolute Gasteiger partial charge is 0.407 e. The number of rotatable bonds is 6. The van der Waals surface area contributed by atoms with Gasteiger partial charge in [0.15, 0.2) is 0 Å². The van der Waals surface area contributed by atoms with E-state index in [9.17, 15) is 4.79 Å². The maximum atomic E-state index is 11.2. The molecule has 0 saturated heterocycles. The number of amides is 1. The van der Waals surface area contributed by atoms with E-state index in [1.807, 2.05) is 30.3 Å². The summed E-state index contributed by atoms with van der Waals surface area (Å²) in [7, 11) is 0. The van der Waals surface area contributed by atoms with E-state index in [4.69, 9.17) is 9.47 Å². The monoisotopic (exact) mass is 320 g/mol. The molecule has 0 unspecified atom stereocenters. The van der Waals surface area contributed by atoms with Crippen molar-refractivity contribution >= 4 is 6.09 Å². The minimum atomic E-state index is -0.434. The van der Waals surface area contributed by atoms with Gasteiger partial charge in [0, 0.05) is 27.6 Å². The molecule has 0 aliphatic heterocycles. The van der Waals surface area contributed by atoms with Crippen LogP contribution < -0.4 is 5.32 Å². The molecule has 1 N–H and O–H groups in total. The number of nitrogens with one attached hydrogen (secondary N) is 1. The third kappa shape index (κ3) is 7.94. The van der Waals surface area contributed by atoms with E-state index in [0.29, 0.717) is 19.8 Å². The average Bonchev–Trinajstić information content (AvgIpc) is 2.33. The number of ether oxygens (including phenoxy) is 2. The number of hydrogen-bond acceptors (Lipinski definition) is 3. The first-order chi connectivity index (χ1) is 7.83. The van der Waals surface area contributed by atoms with E-state index in [1.54, 1.807) is 0 Å². The number of alkyl carbamates (subject to hydrolysis) is 1. The van der Waals surface area contributed by atoms with Crippen molar-refractivity contribution in [1.29, 1.82) is 0 Å². The van der Waals surface area contributed by atoms with Crippen LogP contribution in [-0.2, 0) is 37.1 Å². The van der Waals surface area contributed by atoms with E-state index in [1.165, 1.54) is 0 Å². The molecule has 1 aromatic carbocycles. The summed E-state index contributed by atoms with van der Waals surface area (Å²) < 4.78 is 9.95. The van der Waals surface area contributed by atoms with Crippen molar-refractivity contribution in [2.45, 2.75) is 6.61 Å². The molecule has 0 radical (unpaired) electrons. The molecule has 5 heteroatoms. The molecule has 1 aromatic rings. The molecule has 0 atom stereocenters. The van der Waals surface area contributed by atoms with Crippen molar-refractivity contribution in [2.24, 2.45) is 0 Å². The Hall–Kier alpha value is -0.862. The Kier molecular flexibility index (Phi) is 9.78. The van der Waals surface area contributed by atoms with Crippen LogP contribution in [0.15, 0.2) is 30.3 Å². The Labute approximate surface area is 116 Å². The quantitative estimate of drug-likeness (QED) is 0.494. The first-order valence-electron chi connectivity index (χ1n) is 5.14. The normalized spacial score (nSPS) is 9.24. The van der Waals surface area contributed by atoms with Crippen molar-refractivity contribution in [3.8, 4) is 0 Å². The molecule has 0 aromatic heterocycles. The van der Waals surface area contributed by atoms with E-state index in [0.717, 1.165) is 5.56 Å². The molecular weight excluding hydrogens is 302 g/mol. The Morgan fingerprint density at radius 3 is 2.65 bits per heavy atom. The fraction of sp³-hybridized carbons (Fsp3) is 0.333. The van der Waals surface area contributed by atoms with Crippen LogP contribution in [-0.4, -0.2) is 25.9 Å². The summed E-state index contributed by atoms with van der Waals surface area (Å²) in [6.45, 7) is 5.08. The van der Waals surface area contributed by atoms with Crippen molar-refractivity contribution in [2.75, 3.05) is 19.8 Å². The van der Waals surface area contributed by atoms with Crippen LogP contribution in [0.5, 0.6) is 0 Å². The average molecular weight is 318 g/mol. The zero-order chi connectivity index (χ0) is 11.6. The Morgan fingerprint density at radius 1 is 1.29 bits per heavy atom. The second-order valence-electron chi connectivity index (χ2n) is 3.10. The van der Waals surface area contributed by atoms with Gasteiger partial charge in [0.05, 0.1) is 6.61 Å². The third-order valence-electron chi connectivity index (χ3n) is 1.87. The van der Waals surface area contributed by atoms with E-state index in [2.05, 4.69) is 12.2 Å². The third-order valence-corrected chi connectivity index (χ3v) is 1.87. The van der Waals surface area contributed by atoms with Crippen LogP contribution >= 0.6 is 0 Å². The first-order valence-corrected chi connectivity index (χ1v) is 5.14. The van der Waals surface area contributed by atoms with Gasteiger partial charge in [0.25, 0.3) is 0 Å². The van der Waals surface area contributed by atoms with Gasteiger partial charge in [-0.05, 0) is 5.56 Å². The molecule has 0 bridgehead atoms. The largest absolute Gasteiger partial charge is 0.445 e. The summed E-state index contributed by atoms with van der Waals surface area (Å²) in [5.41, 5.74) is 0.964. The Bertz CT molecular complexity index is 306. The van der Waals surface area contributed by atoms with Crippen LogP contribution in [0.2, 0.25) is 0 Å². The minimum absolute atomic E-state index is 0. The van der Waals surface area contributed by atoms with Gasteiger partial charge in [0.2, 0.25) is 0 Å².